The summed E-state index contributed by atoms with van der Waals surface area (Å²) in [4.78, 5) is 31.8. The highest BCUT2D eigenvalue weighted by molar-refractivity contribution is 5.98. The molecule has 2 amide bonds. The molecule has 8 nitrogen and oxygen atoms in total. The Morgan fingerprint density at radius 3 is 2.97 bits per heavy atom. The number of carbonyl (C=O) groups is 2. The Hall–Kier alpha value is -3.29. The minimum Gasteiger partial charge on any atom is -0.497 e. The molecule has 3 aromatic rings. The number of hydrogen-bond acceptors (Lipinski definition) is 4. The number of fused-ring (bicyclic) bond motifs is 1. The molecule has 0 spiro atoms. The zero-order valence-electron chi connectivity index (χ0n) is 16.3. The highest BCUT2D eigenvalue weighted by Crippen LogP contribution is 2.28. The van der Waals surface area contributed by atoms with Gasteiger partial charge in [-0.3, -0.25) is 14.3 Å². The summed E-state index contributed by atoms with van der Waals surface area (Å²) < 4.78 is 7.14. The number of amides is 2. The van der Waals surface area contributed by atoms with E-state index < -0.39 is 0 Å². The molecule has 1 aromatic carbocycles. The SMILES string of the molecule is COc1ccc2cc(C(=O)N3CCC(n4cc(N5CCCC5=O)cn4)C3)[nH]c2c1. The number of methoxy groups -OCH3 is 1. The molecule has 4 heterocycles. The van der Waals surface area contributed by atoms with Crippen molar-refractivity contribution in [2.24, 2.45) is 0 Å². The maximum Gasteiger partial charge on any atom is 0.270 e. The van der Waals surface area contributed by atoms with E-state index in [9.17, 15) is 9.59 Å². The van der Waals surface area contributed by atoms with Crippen molar-refractivity contribution in [1.82, 2.24) is 19.7 Å². The first-order valence-corrected chi connectivity index (χ1v) is 9.93. The molecule has 29 heavy (non-hydrogen) atoms. The summed E-state index contributed by atoms with van der Waals surface area (Å²) in [5.41, 5.74) is 2.31. The lowest BCUT2D eigenvalue weighted by Crippen LogP contribution is -2.29. The molecule has 1 N–H and O–H groups in total. The quantitative estimate of drug-likeness (QED) is 0.739. The fraction of sp³-hybridized carbons (Fsp3) is 0.381. The highest BCUT2D eigenvalue weighted by atomic mass is 16.5. The van der Waals surface area contributed by atoms with Gasteiger partial charge < -0.3 is 19.5 Å². The summed E-state index contributed by atoms with van der Waals surface area (Å²) in [5, 5.41) is 5.44. The van der Waals surface area contributed by atoms with Gasteiger partial charge in [-0.05, 0) is 31.0 Å². The van der Waals surface area contributed by atoms with Gasteiger partial charge in [0.2, 0.25) is 5.91 Å². The Balaban J connectivity index is 1.30. The first-order chi connectivity index (χ1) is 14.1. The van der Waals surface area contributed by atoms with Crippen LogP contribution in [0.25, 0.3) is 10.9 Å². The van der Waals surface area contributed by atoms with Crippen molar-refractivity contribution < 1.29 is 14.3 Å². The summed E-state index contributed by atoms with van der Waals surface area (Å²) in [7, 11) is 1.63. The highest BCUT2D eigenvalue weighted by Gasteiger charge is 2.30. The number of aromatic nitrogens is 3. The van der Waals surface area contributed by atoms with Crippen LogP contribution in [0.5, 0.6) is 5.75 Å². The second kappa shape index (κ2) is 6.95. The van der Waals surface area contributed by atoms with Crippen LogP contribution in [-0.2, 0) is 4.79 Å². The molecule has 0 saturated carbocycles. The zero-order chi connectivity index (χ0) is 20.0. The van der Waals surface area contributed by atoms with Crippen molar-refractivity contribution in [3.63, 3.8) is 0 Å². The van der Waals surface area contributed by atoms with Crippen LogP contribution in [0, 0.1) is 0 Å². The monoisotopic (exact) mass is 393 g/mol. The minimum atomic E-state index is -0.00947. The summed E-state index contributed by atoms with van der Waals surface area (Å²) in [6.45, 7) is 2.04. The van der Waals surface area contributed by atoms with Crippen molar-refractivity contribution >= 4 is 28.4 Å². The molecule has 0 aliphatic carbocycles. The molecule has 2 aromatic heterocycles. The topological polar surface area (TPSA) is 83.5 Å². The van der Waals surface area contributed by atoms with E-state index in [1.807, 2.05) is 40.0 Å². The van der Waals surface area contributed by atoms with E-state index in [4.69, 9.17) is 4.74 Å². The van der Waals surface area contributed by atoms with Gasteiger partial charge in [0, 0.05) is 49.2 Å². The Bertz CT molecular complexity index is 1090. The molecule has 150 valence electrons. The van der Waals surface area contributed by atoms with Gasteiger partial charge in [0.25, 0.3) is 5.91 Å². The van der Waals surface area contributed by atoms with E-state index in [-0.39, 0.29) is 17.9 Å². The number of rotatable bonds is 4. The van der Waals surface area contributed by atoms with Crippen LogP contribution < -0.4 is 9.64 Å². The number of carbonyl (C=O) groups excluding carboxylic acids is 2. The second-order valence-electron chi connectivity index (χ2n) is 7.66. The standard InChI is InChI=1S/C21H23N5O3/c1-29-17-5-4-14-9-19(23-18(14)10-17)21(28)24-8-6-15(12-24)26-13-16(11-22-26)25-7-2-3-20(25)27/h4-5,9-11,13,15,23H,2-3,6-8,12H2,1H3. The van der Waals surface area contributed by atoms with Crippen LogP contribution in [0.1, 0.15) is 35.8 Å². The van der Waals surface area contributed by atoms with Crippen LogP contribution in [0.3, 0.4) is 0 Å². The van der Waals surface area contributed by atoms with Crippen molar-refractivity contribution in [3.05, 3.63) is 42.4 Å². The first-order valence-electron chi connectivity index (χ1n) is 9.93. The predicted molar refractivity (Wildman–Crippen MR) is 108 cm³/mol. The Morgan fingerprint density at radius 2 is 2.17 bits per heavy atom. The number of nitrogens with one attached hydrogen (secondary N) is 1. The van der Waals surface area contributed by atoms with Crippen LogP contribution in [0.2, 0.25) is 0 Å². The Morgan fingerprint density at radius 1 is 1.28 bits per heavy atom. The summed E-state index contributed by atoms with van der Waals surface area (Å²) in [6, 6.07) is 7.73. The van der Waals surface area contributed by atoms with Crippen LogP contribution >= 0.6 is 0 Å². The van der Waals surface area contributed by atoms with Gasteiger partial charge >= 0.3 is 0 Å². The number of hydrogen-bond donors (Lipinski definition) is 1. The number of H-pyrrole nitrogens is 1. The van der Waals surface area contributed by atoms with Gasteiger partial charge in [0.15, 0.2) is 0 Å². The summed E-state index contributed by atoms with van der Waals surface area (Å²) >= 11 is 0. The molecule has 2 saturated heterocycles. The third-order valence-corrected chi connectivity index (χ3v) is 5.86. The molecule has 2 fully saturated rings. The Labute approximate surface area is 168 Å². The number of benzene rings is 1. The number of ether oxygens (including phenoxy) is 1. The molecule has 0 radical (unpaired) electrons. The lowest BCUT2D eigenvalue weighted by molar-refractivity contribution is -0.117. The third-order valence-electron chi connectivity index (χ3n) is 5.86. The Kier molecular flexibility index (Phi) is 4.26. The molecule has 1 unspecified atom stereocenters. The van der Waals surface area contributed by atoms with Crippen LogP contribution in [0.15, 0.2) is 36.7 Å². The average molecular weight is 393 g/mol. The lowest BCUT2D eigenvalue weighted by Gasteiger charge is -2.16. The lowest BCUT2D eigenvalue weighted by atomic mass is 10.2. The molecule has 2 aliphatic rings. The van der Waals surface area contributed by atoms with Gasteiger partial charge in [0.05, 0.1) is 25.0 Å². The molecule has 0 bridgehead atoms. The number of likely N-dealkylation sites (tertiary alicyclic amines) is 1. The first kappa shape index (κ1) is 17.8. The molecular weight excluding hydrogens is 370 g/mol. The summed E-state index contributed by atoms with van der Waals surface area (Å²) in [5.74, 6) is 0.901. The van der Waals surface area contributed by atoms with E-state index in [0.717, 1.165) is 41.7 Å². The fourth-order valence-electron chi connectivity index (χ4n) is 4.25. The maximum atomic E-state index is 13.0. The summed E-state index contributed by atoms with van der Waals surface area (Å²) in [6.07, 6.45) is 6.02. The van der Waals surface area contributed by atoms with Gasteiger partial charge in [0.1, 0.15) is 11.4 Å². The molecule has 1 atom stereocenters. The normalized spacial score (nSPS) is 19.5. The predicted octanol–water partition coefficient (Wildman–Crippen LogP) is 2.59. The minimum absolute atomic E-state index is 0.00947. The van der Waals surface area contributed by atoms with Crippen LogP contribution in [-0.4, -0.2) is 58.2 Å². The fourth-order valence-corrected chi connectivity index (χ4v) is 4.25. The van der Waals surface area contributed by atoms with Gasteiger partial charge in [-0.1, -0.05) is 0 Å². The number of anilines is 1. The van der Waals surface area contributed by atoms with Crippen molar-refractivity contribution in [3.8, 4) is 5.75 Å². The van der Waals surface area contributed by atoms with Gasteiger partial charge in [-0.15, -0.1) is 0 Å². The molecule has 2 aliphatic heterocycles. The average Bonchev–Trinajstić information content (AvgIpc) is 3.51. The maximum absolute atomic E-state index is 13.0. The zero-order valence-corrected chi connectivity index (χ0v) is 16.3. The van der Waals surface area contributed by atoms with Gasteiger partial charge in [-0.2, -0.15) is 5.10 Å². The second-order valence-corrected chi connectivity index (χ2v) is 7.66. The number of aromatic amines is 1. The van der Waals surface area contributed by atoms with E-state index in [1.54, 1.807) is 18.2 Å². The van der Waals surface area contributed by atoms with Gasteiger partial charge in [-0.25, -0.2) is 0 Å². The van der Waals surface area contributed by atoms with Crippen molar-refractivity contribution in [2.45, 2.75) is 25.3 Å². The van der Waals surface area contributed by atoms with E-state index >= 15 is 0 Å². The van der Waals surface area contributed by atoms with Crippen molar-refractivity contribution in [2.75, 3.05) is 31.6 Å². The smallest absolute Gasteiger partial charge is 0.270 e. The molecule has 5 rings (SSSR count). The third kappa shape index (κ3) is 3.14. The molecule has 8 heteroatoms. The van der Waals surface area contributed by atoms with E-state index in [0.29, 0.717) is 25.2 Å². The van der Waals surface area contributed by atoms with E-state index in [1.165, 1.54) is 0 Å². The number of nitrogens with zero attached hydrogens (tertiary/aromatic N) is 4. The largest absolute Gasteiger partial charge is 0.497 e. The van der Waals surface area contributed by atoms with Crippen molar-refractivity contribution in [1.29, 1.82) is 0 Å². The molecular formula is C21H23N5O3. The van der Waals surface area contributed by atoms with Crippen LogP contribution in [0.4, 0.5) is 5.69 Å². The van der Waals surface area contributed by atoms with E-state index in [2.05, 4.69) is 10.1 Å².